The number of hydrogen-bond acceptors (Lipinski definition) is 2. The first-order chi connectivity index (χ1) is 10.7. The number of primary amides is 1. The second-order valence-electron chi connectivity index (χ2n) is 5.97. The van der Waals surface area contributed by atoms with Crippen molar-refractivity contribution < 1.29 is 4.79 Å². The maximum atomic E-state index is 11.5. The molecule has 3 aromatic rings. The van der Waals surface area contributed by atoms with E-state index in [1.165, 1.54) is 32.3 Å². The van der Waals surface area contributed by atoms with E-state index >= 15 is 0 Å². The average Bonchev–Trinajstić information content (AvgIpc) is 2.97. The number of carbonyl (C=O) groups excluding carboxylic acids is 1. The summed E-state index contributed by atoms with van der Waals surface area (Å²) in [7, 11) is 0. The number of rotatable bonds is 2. The standard InChI is InChI=1S/C19H17NOS/c20-19(21)14-8-6-12-5-7-13(9-15(12)10-14)17-11-22-18-4-2-1-3-16(17)18/h1-5,7,9,11,14H,6,8,10H2,(H2,20,21). The van der Waals surface area contributed by atoms with Crippen LogP contribution in [0.3, 0.4) is 0 Å². The van der Waals surface area contributed by atoms with E-state index in [0.717, 1.165) is 19.3 Å². The lowest BCUT2D eigenvalue weighted by atomic mass is 9.82. The van der Waals surface area contributed by atoms with Crippen molar-refractivity contribution in [3.8, 4) is 11.1 Å². The van der Waals surface area contributed by atoms with Crippen LogP contribution in [0.25, 0.3) is 21.2 Å². The Labute approximate surface area is 133 Å². The summed E-state index contributed by atoms with van der Waals surface area (Å²) in [6.07, 6.45) is 2.61. The van der Waals surface area contributed by atoms with Gasteiger partial charge in [0.25, 0.3) is 0 Å². The molecule has 1 aromatic heterocycles. The Kier molecular flexibility index (Phi) is 3.23. The van der Waals surface area contributed by atoms with Crippen molar-refractivity contribution in [2.75, 3.05) is 0 Å². The first-order valence-corrected chi connectivity index (χ1v) is 8.48. The number of amides is 1. The number of nitrogens with two attached hydrogens (primary N) is 1. The Hall–Kier alpha value is -2.13. The van der Waals surface area contributed by atoms with Crippen LogP contribution in [-0.4, -0.2) is 5.91 Å². The van der Waals surface area contributed by atoms with Gasteiger partial charge < -0.3 is 5.73 Å². The van der Waals surface area contributed by atoms with Crippen molar-refractivity contribution >= 4 is 27.3 Å². The molecule has 0 radical (unpaired) electrons. The van der Waals surface area contributed by atoms with Crippen molar-refractivity contribution in [3.63, 3.8) is 0 Å². The molecule has 0 bridgehead atoms. The molecule has 0 saturated heterocycles. The van der Waals surface area contributed by atoms with Gasteiger partial charge in [-0.2, -0.15) is 0 Å². The molecule has 1 atom stereocenters. The monoisotopic (exact) mass is 307 g/mol. The van der Waals surface area contributed by atoms with Crippen LogP contribution in [-0.2, 0) is 17.6 Å². The number of aryl methyl sites for hydroxylation is 1. The zero-order valence-electron chi connectivity index (χ0n) is 12.2. The SMILES string of the molecule is NC(=O)C1CCc2ccc(-c3csc4ccccc34)cc2C1. The van der Waals surface area contributed by atoms with Gasteiger partial charge in [-0.05, 0) is 47.4 Å². The molecule has 1 unspecified atom stereocenters. The highest BCUT2D eigenvalue weighted by Crippen LogP contribution is 2.36. The largest absolute Gasteiger partial charge is 0.369 e. The fourth-order valence-corrected chi connectivity index (χ4v) is 4.34. The molecule has 2 N–H and O–H groups in total. The van der Waals surface area contributed by atoms with Crippen LogP contribution in [0.15, 0.2) is 47.8 Å². The van der Waals surface area contributed by atoms with Gasteiger partial charge in [0.1, 0.15) is 0 Å². The van der Waals surface area contributed by atoms with Crippen LogP contribution in [0.1, 0.15) is 17.5 Å². The number of hydrogen-bond donors (Lipinski definition) is 1. The van der Waals surface area contributed by atoms with E-state index in [0.29, 0.717) is 0 Å². The third-order valence-electron chi connectivity index (χ3n) is 4.63. The van der Waals surface area contributed by atoms with Gasteiger partial charge in [-0.25, -0.2) is 0 Å². The molecule has 0 spiro atoms. The lowest BCUT2D eigenvalue weighted by molar-refractivity contribution is -0.122. The highest BCUT2D eigenvalue weighted by Gasteiger charge is 2.23. The molecule has 110 valence electrons. The Bertz CT molecular complexity index is 865. The highest BCUT2D eigenvalue weighted by molar-refractivity contribution is 7.17. The van der Waals surface area contributed by atoms with E-state index in [-0.39, 0.29) is 11.8 Å². The van der Waals surface area contributed by atoms with Crippen LogP contribution >= 0.6 is 11.3 Å². The molecule has 3 heteroatoms. The Balaban J connectivity index is 1.78. The molecule has 22 heavy (non-hydrogen) atoms. The molecule has 1 aliphatic rings. The van der Waals surface area contributed by atoms with Gasteiger partial charge in [0.05, 0.1) is 0 Å². The van der Waals surface area contributed by atoms with Crippen molar-refractivity contribution in [2.24, 2.45) is 11.7 Å². The lowest BCUT2D eigenvalue weighted by Gasteiger charge is -2.22. The summed E-state index contributed by atoms with van der Waals surface area (Å²) in [5, 5.41) is 3.52. The predicted octanol–water partition coefficient (Wildman–Crippen LogP) is 4.16. The zero-order chi connectivity index (χ0) is 15.1. The van der Waals surface area contributed by atoms with Crippen molar-refractivity contribution in [2.45, 2.75) is 19.3 Å². The topological polar surface area (TPSA) is 43.1 Å². The fraction of sp³-hybridized carbons (Fsp3) is 0.211. The van der Waals surface area contributed by atoms with E-state index in [2.05, 4.69) is 47.8 Å². The molecule has 1 heterocycles. The minimum Gasteiger partial charge on any atom is -0.369 e. The van der Waals surface area contributed by atoms with Crippen molar-refractivity contribution in [1.82, 2.24) is 0 Å². The lowest BCUT2D eigenvalue weighted by Crippen LogP contribution is -2.28. The van der Waals surface area contributed by atoms with Gasteiger partial charge in [0, 0.05) is 21.6 Å². The van der Waals surface area contributed by atoms with E-state index in [1.807, 2.05) is 0 Å². The summed E-state index contributed by atoms with van der Waals surface area (Å²) in [5.41, 5.74) is 10.7. The highest BCUT2D eigenvalue weighted by atomic mass is 32.1. The van der Waals surface area contributed by atoms with Crippen LogP contribution in [0, 0.1) is 5.92 Å². The molecule has 0 fully saturated rings. The average molecular weight is 307 g/mol. The number of carbonyl (C=O) groups is 1. The summed E-state index contributed by atoms with van der Waals surface area (Å²) in [6, 6.07) is 15.2. The number of fused-ring (bicyclic) bond motifs is 2. The summed E-state index contributed by atoms with van der Waals surface area (Å²) in [4.78, 5) is 11.5. The molecule has 0 aliphatic heterocycles. The van der Waals surface area contributed by atoms with Gasteiger partial charge in [-0.1, -0.05) is 36.4 Å². The first-order valence-electron chi connectivity index (χ1n) is 7.60. The van der Waals surface area contributed by atoms with Crippen molar-refractivity contribution in [1.29, 1.82) is 0 Å². The van der Waals surface area contributed by atoms with E-state index in [4.69, 9.17) is 5.73 Å². The van der Waals surface area contributed by atoms with Crippen LogP contribution in [0.4, 0.5) is 0 Å². The van der Waals surface area contributed by atoms with Gasteiger partial charge >= 0.3 is 0 Å². The van der Waals surface area contributed by atoms with Crippen LogP contribution in [0.5, 0.6) is 0 Å². The molecule has 1 amide bonds. The molecule has 4 rings (SSSR count). The van der Waals surface area contributed by atoms with Gasteiger partial charge in [-0.3, -0.25) is 4.79 Å². The maximum Gasteiger partial charge on any atom is 0.220 e. The summed E-state index contributed by atoms with van der Waals surface area (Å²) >= 11 is 1.78. The summed E-state index contributed by atoms with van der Waals surface area (Å²) in [6.45, 7) is 0. The fourth-order valence-electron chi connectivity index (χ4n) is 3.37. The predicted molar refractivity (Wildman–Crippen MR) is 92.0 cm³/mol. The van der Waals surface area contributed by atoms with Gasteiger partial charge in [0.2, 0.25) is 5.91 Å². The van der Waals surface area contributed by atoms with Crippen molar-refractivity contribution in [3.05, 3.63) is 59.0 Å². The Morgan fingerprint density at radius 1 is 1.14 bits per heavy atom. The third-order valence-corrected chi connectivity index (χ3v) is 5.59. The van der Waals surface area contributed by atoms with E-state index < -0.39 is 0 Å². The number of thiophene rings is 1. The third kappa shape index (κ3) is 2.22. The van der Waals surface area contributed by atoms with Gasteiger partial charge in [-0.15, -0.1) is 11.3 Å². The summed E-state index contributed by atoms with van der Waals surface area (Å²) < 4.78 is 1.31. The minimum absolute atomic E-state index is 0.0121. The molecule has 2 aromatic carbocycles. The quantitative estimate of drug-likeness (QED) is 0.759. The second-order valence-corrected chi connectivity index (χ2v) is 6.88. The molecule has 1 aliphatic carbocycles. The van der Waals surface area contributed by atoms with Gasteiger partial charge in [0.15, 0.2) is 0 Å². The maximum absolute atomic E-state index is 11.5. The first kappa shape index (κ1) is 13.5. The minimum atomic E-state index is -0.169. The summed E-state index contributed by atoms with van der Waals surface area (Å²) in [5.74, 6) is -0.181. The second kappa shape index (κ2) is 5.25. The molecular weight excluding hydrogens is 290 g/mol. The molecular formula is C19H17NOS. The van der Waals surface area contributed by atoms with Crippen LogP contribution < -0.4 is 5.73 Å². The van der Waals surface area contributed by atoms with E-state index in [1.54, 1.807) is 11.3 Å². The normalized spacial score (nSPS) is 17.4. The van der Waals surface area contributed by atoms with Crippen LogP contribution in [0.2, 0.25) is 0 Å². The zero-order valence-corrected chi connectivity index (χ0v) is 13.0. The van der Waals surface area contributed by atoms with E-state index in [9.17, 15) is 4.79 Å². The molecule has 0 saturated carbocycles. The smallest absolute Gasteiger partial charge is 0.220 e. The number of benzene rings is 2. The Morgan fingerprint density at radius 3 is 2.86 bits per heavy atom. The molecule has 2 nitrogen and oxygen atoms in total. The Morgan fingerprint density at radius 2 is 2.00 bits per heavy atom.